The average molecular weight is 769 g/mol. The van der Waals surface area contributed by atoms with Gasteiger partial charge in [0, 0.05) is 7.05 Å². The van der Waals surface area contributed by atoms with Gasteiger partial charge in [-0.2, -0.15) is 9.97 Å². The maximum Gasteiger partial charge on any atom is 0.472 e. The van der Waals surface area contributed by atoms with E-state index >= 15 is 0 Å². The number of hydrogen-bond donors (Lipinski definition) is 10. The summed E-state index contributed by atoms with van der Waals surface area (Å²) in [5.74, 6) is -0.359. The van der Waals surface area contributed by atoms with Gasteiger partial charge in [-0.3, -0.25) is 42.2 Å². The molecule has 2 unspecified atom stereocenters. The Labute approximate surface area is 284 Å². The van der Waals surface area contributed by atoms with Crippen molar-refractivity contribution in [1.29, 1.82) is 0 Å². The molecule has 3 aromatic heterocycles. The quantitative estimate of drug-likeness (QED) is 0.0579. The lowest BCUT2D eigenvalue weighted by Crippen LogP contribution is -2.45. The van der Waals surface area contributed by atoms with Crippen LogP contribution < -0.4 is 32.4 Å². The first-order valence-electron chi connectivity index (χ1n) is 14.8. The van der Waals surface area contributed by atoms with Crippen LogP contribution in [0.2, 0.25) is 0 Å². The smallest absolute Gasteiger partial charge is 0.387 e. The highest BCUT2D eigenvalue weighted by molar-refractivity contribution is 7.47. The number of phosphoric acid groups is 2. The molecule has 0 radical (unpaired) electrons. The third-order valence-corrected chi connectivity index (χ3v) is 9.98. The van der Waals surface area contributed by atoms with Gasteiger partial charge in [0.1, 0.15) is 42.3 Å². The fraction of sp³-hybridized carbons (Fsp3) is 0.609. The van der Waals surface area contributed by atoms with Crippen LogP contribution in [0.4, 0.5) is 23.4 Å². The third-order valence-electron chi connectivity index (χ3n) is 8.02. The van der Waals surface area contributed by atoms with Crippen molar-refractivity contribution >= 4 is 50.2 Å². The van der Waals surface area contributed by atoms with Crippen LogP contribution in [0, 0.1) is 0 Å². The first kappa shape index (κ1) is 37.2. The molecule has 0 spiro atoms. The van der Waals surface area contributed by atoms with Gasteiger partial charge in [0.05, 0.1) is 39.4 Å². The highest BCUT2D eigenvalue weighted by Gasteiger charge is 2.49. The first-order valence-corrected chi connectivity index (χ1v) is 17.8. The predicted molar refractivity (Wildman–Crippen MR) is 168 cm³/mol. The summed E-state index contributed by atoms with van der Waals surface area (Å²) in [7, 11) is -8.19. The lowest BCUT2D eigenvalue weighted by atomic mass is 10.1. The molecular formula is C23H34N10O16P2. The van der Waals surface area contributed by atoms with Gasteiger partial charge in [-0.1, -0.05) is 0 Å². The van der Waals surface area contributed by atoms with Crippen molar-refractivity contribution in [3.63, 3.8) is 0 Å². The van der Waals surface area contributed by atoms with Crippen LogP contribution in [0.5, 0.6) is 0 Å². The topological polar surface area (TPSA) is 379 Å². The molecule has 0 amide bonds. The number of hydrogen-bond acceptors (Lipinski definition) is 21. The van der Waals surface area contributed by atoms with E-state index in [1.165, 1.54) is 9.80 Å². The highest BCUT2D eigenvalue weighted by atomic mass is 31.2. The number of fused-ring (bicyclic) bond motifs is 2. The number of aliphatic hydroxyl groups is 4. The lowest BCUT2D eigenvalue weighted by molar-refractivity contribution is -0.0517. The van der Waals surface area contributed by atoms with Crippen LogP contribution in [0.1, 0.15) is 6.23 Å². The molecule has 10 atom stereocenters. The molecule has 0 bridgehead atoms. The number of nitrogens with one attached hydrogen (secondary N) is 2. The number of nitrogen functional groups attached to an aromatic ring is 2. The SMILES string of the molecule is CN1CN([C@@H]2O[C@H](COP(=O)(O)OCCOP(=O)(O)OC[C@H]3O[C@@H](n4cnc5c(=O)[nH]c(N)nc54)[C@H](O)[C@@H]3O)[C@@H](O)[C@H]2O)c2nc(N)[nH]c(=O)c21. The third kappa shape index (κ3) is 7.51. The Morgan fingerprint density at radius 2 is 1.37 bits per heavy atom. The van der Waals surface area contributed by atoms with Gasteiger partial charge in [0.15, 0.2) is 29.4 Å². The average Bonchev–Trinajstić information content (AvgIpc) is 3.77. The minimum atomic E-state index is -4.89. The summed E-state index contributed by atoms with van der Waals surface area (Å²) in [5, 5.41) is 42.1. The van der Waals surface area contributed by atoms with E-state index in [4.69, 9.17) is 39.0 Å². The summed E-state index contributed by atoms with van der Waals surface area (Å²) in [6, 6.07) is 0. The number of rotatable bonds is 13. The number of aromatic nitrogens is 6. The largest absolute Gasteiger partial charge is 0.472 e. The summed E-state index contributed by atoms with van der Waals surface area (Å²) in [5.41, 5.74) is 9.97. The number of ether oxygens (including phenoxy) is 2. The van der Waals surface area contributed by atoms with Crippen molar-refractivity contribution in [3.8, 4) is 0 Å². The second-order valence-corrected chi connectivity index (χ2v) is 14.4. The van der Waals surface area contributed by atoms with Gasteiger partial charge in [-0.15, -0.1) is 0 Å². The maximum absolute atomic E-state index is 12.4. The molecule has 3 aliphatic rings. The molecule has 3 aliphatic heterocycles. The van der Waals surface area contributed by atoms with E-state index in [0.717, 1.165) is 10.9 Å². The fourth-order valence-electron chi connectivity index (χ4n) is 5.65. The number of imidazole rings is 1. The Morgan fingerprint density at radius 3 is 1.98 bits per heavy atom. The molecule has 6 heterocycles. The molecule has 28 heteroatoms. The molecule has 26 nitrogen and oxygen atoms in total. The summed E-state index contributed by atoms with van der Waals surface area (Å²) >= 11 is 0. The Balaban J connectivity index is 0.953. The van der Waals surface area contributed by atoms with Gasteiger partial charge in [0.25, 0.3) is 11.1 Å². The summed E-state index contributed by atoms with van der Waals surface area (Å²) in [4.78, 5) is 63.9. The number of H-pyrrole nitrogens is 2. The molecule has 0 saturated carbocycles. The molecule has 51 heavy (non-hydrogen) atoms. The Kier molecular flexibility index (Phi) is 10.3. The van der Waals surface area contributed by atoms with Gasteiger partial charge in [-0.25, -0.2) is 14.1 Å². The summed E-state index contributed by atoms with van der Waals surface area (Å²) < 4.78 is 56.4. The van der Waals surface area contributed by atoms with E-state index < -0.39 is 102 Å². The van der Waals surface area contributed by atoms with Gasteiger partial charge in [-0.05, 0) is 0 Å². The van der Waals surface area contributed by atoms with Crippen LogP contribution in [-0.2, 0) is 36.7 Å². The minimum absolute atomic E-state index is 0.0213. The highest BCUT2D eigenvalue weighted by Crippen LogP contribution is 2.47. The molecule has 0 aliphatic carbocycles. The van der Waals surface area contributed by atoms with Crippen LogP contribution in [0.15, 0.2) is 15.9 Å². The van der Waals surface area contributed by atoms with Crippen molar-refractivity contribution in [1.82, 2.24) is 29.5 Å². The summed E-state index contributed by atoms with van der Waals surface area (Å²) in [6.07, 6.45) is -10.6. The molecule has 12 N–H and O–H groups in total. The van der Waals surface area contributed by atoms with Crippen molar-refractivity contribution in [3.05, 3.63) is 27.0 Å². The van der Waals surface area contributed by atoms with Crippen molar-refractivity contribution in [2.75, 3.05) is 61.4 Å². The Hall–Kier alpha value is -3.59. The normalized spacial score (nSPS) is 30.2. The second kappa shape index (κ2) is 14.1. The first-order chi connectivity index (χ1) is 24.0. The van der Waals surface area contributed by atoms with Crippen molar-refractivity contribution < 1.29 is 66.9 Å². The van der Waals surface area contributed by atoms with Crippen LogP contribution in [-0.4, -0.2) is 143 Å². The molecule has 0 aromatic carbocycles. The standard InChI is InChI=1S/C23H34N10O16P2/c1-31-7-33(17-11(31)19(39)30-23(25)28-17)21-15(37)13(35)9(49-21)5-47-51(42,43)45-3-2-44-50(40,41)46-4-8-12(34)14(36)20(48-8)32-6-26-10-16(32)27-22(24)29-18(10)38/h6,8-9,12-15,20-21,34-37H,2-5,7H2,1H3,(H,40,41)(H,42,43)(H3,24,27,29,38)(H3,25,28,30,39)/t8-,9-,12-,13-,14-,15-,20-,21-/m1/s1. The van der Waals surface area contributed by atoms with E-state index in [1.54, 1.807) is 7.05 Å². The van der Waals surface area contributed by atoms with Crippen molar-refractivity contribution in [2.24, 2.45) is 0 Å². The number of anilines is 4. The Bertz CT molecular complexity index is 1980. The number of aromatic amines is 2. The number of nitrogens with zero attached hydrogens (tertiary/aromatic N) is 6. The van der Waals surface area contributed by atoms with E-state index in [9.17, 15) is 48.9 Å². The molecule has 2 saturated heterocycles. The minimum Gasteiger partial charge on any atom is -0.387 e. The van der Waals surface area contributed by atoms with Crippen LogP contribution in [0.3, 0.4) is 0 Å². The molecule has 2 fully saturated rings. The van der Waals surface area contributed by atoms with Gasteiger partial charge < -0.3 is 61.0 Å². The van der Waals surface area contributed by atoms with E-state index in [-0.39, 0.29) is 41.2 Å². The van der Waals surface area contributed by atoms with Crippen LogP contribution >= 0.6 is 15.6 Å². The number of nitrogens with two attached hydrogens (primary N) is 2. The van der Waals surface area contributed by atoms with E-state index in [1.807, 2.05) is 0 Å². The molecule has 282 valence electrons. The number of aliphatic hydroxyl groups excluding tert-OH is 4. The Morgan fingerprint density at radius 1 is 0.843 bits per heavy atom. The molecule has 3 aromatic rings. The summed E-state index contributed by atoms with van der Waals surface area (Å²) in [6.45, 7) is -3.05. The zero-order valence-electron chi connectivity index (χ0n) is 26.2. The second-order valence-electron chi connectivity index (χ2n) is 11.5. The monoisotopic (exact) mass is 768 g/mol. The fourth-order valence-corrected chi connectivity index (χ4v) is 7.08. The van der Waals surface area contributed by atoms with Gasteiger partial charge in [0.2, 0.25) is 11.9 Å². The van der Waals surface area contributed by atoms with Crippen LogP contribution in [0.25, 0.3) is 11.2 Å². The van der Waals surface area contributed by atoms with Gasteiger partial charge >= 0.3 is 15.6 Å². The lowest BCUT2D eigenvalue weighted by Gasteiger charge is -2.27. The molecular weight excluding hydrogens is 734 g/mol. The van der Waals surface area contributed by atoms with E-state index in [0.29, 0.717) is 0 Å². The van der Waals surface area contributed by atoms with E-state index in [2.05, 4.69) is 24.9 Å². The molecule has 6 rings (SSSR count). The number of phosphoric ester groups is 2. The van der Waals surface area contributed by atoms with Crippen molar-refractivity contribution in [2.45, 2.75) is 49.1 Å². The zero-order valence-corrected chi connectivity index (χ0v) is 28.0. The predicted octanol–water partition coefficient (Wildman–Crippen LogP) is -4.39. The maximum atomic E-state index is 12.4. The zero-order chi connectivity index (χ0) is 37.0.